The molecule has 0 saturated heterocycles. The van der Waals surface area contributed by atoms with E-state index in [1.165, 1.54) is 0 Å². The molecule has 15 heavy (non-hydrogen) atoms. The molecule has 0 aromatic carbocycles. The number of nitrogens with two attached hydrogens (primary N) is 1. The van der Waals surface area contributed by atoms with Crippen molar-refractivity contribution in [3.63, 3.8) is 0 Å². The highest BCUT2D eigenvalue weighted by Gasteiger charge is 2.16. The first-order chi connectivity index (χ1) is 7.15. The molecule has 0 saturated carbocycles. The summed E-state index contributed by atoms with van der Waals surface area (Å²) in [5.41, 5.74) is 5.98. The second kappa shape index (κ2) is 8.76. The summed E-state index contributed by atoms with van der Waals surface area (Å²) in [4.78, 5) is 0. The zero-order valence-electron chi connectivity index (χ0n) is 9.87. The molecule has 0 aliphatic carbocycles. The Kier molecular flexibility index (Phi) is 8.45. The Balaban J connectivity index is 3.80. The molecule has 3 unspecified atom stereocenters. The fraction of sp³-hybridized carbons (Fsp3) is 0.909. The van der Waals surface area contributed by atoms with Crippen molar-refractivity contribution in [3.05, 3.63) is 0 Å². The maximum absolute atomic E-state index is 8.93. The summed E-state index contributed by atoms with van der Waals surface area (Å²) in [5, 5.41) is 11.6. The van der Waals surface area contributed by atoms with Gasteiger partial charge in [0.05, 0.1) is 12.0 Å². The molecule has 84 valence electrons. The lowest BCUT2D eigenvalue weighted by Crippen LogP contribution is -2.30. The predicted molar refractivity (Wildman–Crippen MR) is 64.1 cm³/mol. The Bertz CT molecular complexity index is 191. The molecular formula is C11H22BN3. The van der Waals surface area contributed by atoms with Crippen molar-refractivity contribution in [3.8, 4) is 6.07 Å². The highest BCUT2D eigenvalue weighted by molar-refractivity contribution is 6.04. The molecule has 0 aromatic rings. The van der Waals surface area contributed by atoms with Crippen molar-refractivity contribution in [2.24, 2.45) is 17.6 Å². The number of hydrogen-bond acceptors (Lipinski definition) is 3. The van der Waals surface area contributed by atoms with Gasteiger partial charge in [0.2, 0.25) is 0 Å². The third-order valence-electron chi connectivity index (χ3n) is 2.74. The molecule has 0 rings (SSSR count). The van der Waals surface area contributed by atoms with E-state index in [1.54, 1.807) is 0 Å². The Morgan fingerprint density at radius 1 is 1.40 bits per heavy atom. The van der Waals surface area contributed by atoms with Gasteiger partial charge < -0.3 is 11.0 Å². The summed E-state index contributed by atoms with van der Waals surface area (Å²) >= 11 is 0. The van der Waals surface area contributed by atoms with Gasteiger partial charge in [0.25, 0.3) is 0 Å². The third-order valence-corrected chi connectivity index (χ3v) is 2.74. The third kappa shape index (κ3) is 6.54. The molecule has 0 aliphatic rings. The maximum atomic E-state index is 8.93. The van der Waals surface area contributed by atoms with Gasteiger partial charge in [-0.1, -0.05) is 20.3 Å². The fourth-order valence-corrected chi connectivity index (χ4v) is 1.67. The lowest BCUT2D eigenvalue weighted by molar-refractivity contribution is 0.400. The van der Waals surface area contributed by atoms with Crippen molar-refractivity contribution in [1.82, 2.24) is 5.23 Å². The SMILES string of the molecule is [B]NCC(C)CCC(N)C(C#N)CCC. The van der Waals surface area contributed by atoms with Crippen molar-refractivity contribution >= 4 is 7.98 Å². The van der Waals surface area contributed by atoms with Gasteiger partial charge >= 0.3 is 0 Å². The first-order valence-electron chi connectivity index (χ1n) is 5.74. The van der Waals surface area contributed by atoms with E-state index in [1.807, 2.05) is 0 Å². The second-order valence-electron chi connectivity index (χ2n) is 4.28. The summed E-state index contributed by atoms with van der Waals surface area (Å²) in [6.45, 7) is 5.02. The Hall–Kier alpha value is -0.525. The predicted octanol–water partition coefficient (Wildman–Crippen LogP) is 1.34. The van der Waals surface area contributed by atoms with E-state index in [4.69, 9.17) is 19.0 Å². The summed E-state index contributed by atoms with van der Waals surface area (Å²) in [6.07, 6.45) is 3.85. The molecule has 0 aliphatic heterocycles. The van der Waals surface area contributed by atoms with Crippen molar-refractivity contribution in [2.75, 3.05) is 6.54 Å². The van der Waals surface area contributed by atoms with Crippen LogP contribution in [0.15, 0.2) is 0 Å². The molecule has 0 amide bonds. The van der Waals surface area contributed by atoms with Crippen LogP contribution in [0.4, 0.5) is 0 Å². The first kappa shape index (κ1) is 14.5. The molecule has 3 atom stereocenters. The van der Waals surface area contributed by atoms with Gasteiger partial charge in [0.1, 0.15) is 0 Å². The van der Waals surface area contributed by atoms with Gasteiger partial charge in [-0.2, -0.15) is 5.26 Å². The van der Waals surface area contributed by atoms with Gasteiger partial charge in [0.15, 0.2) is 7.98 Å². The minimum Gasteiger partial charge on any atom is -0.366 e. The van der Waals surface area contributed by atoms with Gasteiger partial charge in [-0.3, -0.25) is 0 Å². The second-order valence-corrected chi connectivity index (χ2v) is 4.28. The van der Waals surface area contributed by atoms with Crippen LogP contribution in [-0.4, -0.2) is 20.6 Å². The van der Waals surface area contributed by atoms with Crippen molar-refractivity contribution in [1.29, 1.82) is 5.26 Å². The van der Waals surface area contributed by atoms with E-state index in [0.29, 0.717) is 5.92 Å². The minimum atomic E-state index is 0.00744. The quantitative estimate of drug-likeness (QED) is 0.590. The van der Waals surface area contributed by atoms with Crippen LogP contribution in [0.25, 0.3) is 0 Å². The van der Waals surface area contributed by atoms with Gasteiger partial charge in [-0.05, 0) is 31.7 Å². The smallest absolute Gasteiger partial charge is 0.177 e. The van der Waals surface area contributed by atoms with Gasteiger partial charge in [-0.25, -0.2) is 0 Å². The molecule has 0 aromatic heterocycles. The number of hydrogen-bond donors (Lipinski definition) is 2. The van der Waals surface area contributed by atoms with Crippen LogP contribution in [0.5, 0.6) is 0 Å². The Morgan fingerprint density at radius 2 is 2.07 bits per heavy atom. The van der Waals surface area contributed by atoms with Crippen LogP contribution in [0.2, 0.25) is 0 Å². The first-order valence-corrected chi connectivity index (χ1v) is 5.74. The zero-order valence-corrected chi connectivity index (χ0v) is 9.87. The van der Waals surface area contributed by atoms with Crippen LogP contribution in [0.3, 0.4) is 0 Å². The molecule has 0 bridgehead atoms. The number of nitrogens with zero attached hydrogens (tertiary/aromatic N) is 1. The molecular weight excluding hydrogens is 185 g/mol. The molecule has 2 radical (unpaired) electrons. The molecule has 0 fully saturated rings. The summed E-state index contributed by atoms with van der Waals surface area (Å²) in [5.74, 6) is 0.523. The maximum Gasteiger partial charge on any atom is 0.177 e. The highest BCUT2D eigenvalue weighted by atomic mass is 14.7. The van der Waals surface area contributed by atoms with E-state index >= 15 is 0 Å². The van der Waals surface area contributed by atoms with Gasteiger partial charge in [0, 0.05) is 6.04 Å². The minimum absolute atomic E-state index is 0.00744. The highest BCUT2D eigenvalue weighted by Crippen LogP contribution is 2.15. The fourth-order valence-electron chi connectivity index (χ4n) is 1.67. The molecule has 4 heteroatoms. The topological polar surface area (TPSA) is 61.8 Å². The number of nitriles is 1. The normalized spacial score (nSPS) is 16.7. The summed E-state index contributed by atoms with van der Waals surface area (Å²) in [7, 11) is 5.24. The lowest BCUT2D eigenvalue weighted by Gasteiger charge is -2.19. The van der Waals surface area contributed by atoms with Crippen LogP contribution in [0.1, 0.15) is 39.5 Å². The van der Waals surface area contributed by atoms with Crippen LogP contribution >= 0.6 is 0 Å². The number of nitrogens with one attached hydrogen (secondary N) is 1. The van der Waals surface area contributed by atoms with Crippen LogP contribution in [0, 0.1) is 23.2 Å². The van der Waals surface area contributed by atoms with E-state index < -0.39 is 0 Å². The summed E-state index contributed by atoms with van der Waals surface area (Å²) in [6, 6.07) is 2.30. The largest absolute Gasteiger partial charge is 0.366 e. The van der Waals surface area contributed by atoms with Crippen LogP contribution < -0.4 is 11.0 Å². The van der Waals surface area contributed by atoms with E-state index in [-0.39, 0.29) is 12.0 Å². The summed E-state index contributed by atoms with van der Waals surface area (Å²) < 4.78 is 0. The van der Waals surface area contributed by atoms with Crippen LogP contribution in [-0.2, 0) is 0 Å². The van der Waals surface area contributed by atoms with Crippen molar-refractivity contribution in [2.45, 2.75) is 45.6 Å². The molecule has 0 heterocycles. The van der Waals surface area contributed by atoms with E-state index in [2.05, 4.69) is 25.1 Å². The van der Waals surface area contributed by atoms with Crippen molar-refractivity contribution < 1.29 is 0 Å². The van der Waals surface area contributed by atoms with E-state index in [0.717, 1.165) is 32.2 Å². The average Bonchev–Trinajstić information content (AvgIpc) is 2.23. The average molecular weight is 207 g/mol. The number of rotatable bonds is 8. The Labute approximate surface area is 94.8 Å². The zero-order chi connectivity index (χ0) is 11.7. The van der Waals surface area contributed by atoms with E-state index in [9.17, 15) is 0 Å². The standard InChI is InChI=1S/C11H22BN3/c1-3-4-10(7-13)11(14)6-5-9(2)8-15-12/h9-11,15H,3-6,8,14H2,1-2H3. The monoisotopic (exact) mass is 207 g/mol. The lowest BCUT2D eigenvalue weighted by atomic mass is 9.91. The molecule has 3 nitrogen and oxygen atoms in total. The Morgan fingerprint density at radius 3 is 2.53 bits per heavy atom. The molecule has 3 N–H and O–H groups in total. The van der Waals surface area contributed by atoms with Gasteiger partial charge in [-0.15, -0.1) is 0 Å². The molecule has 0 spiro atoms.